The van der Waals surface area contributed by atoms with Gasteiger partial charge in [-0.2, -0.15) is 0 Å². The van der Waals surface area contributed by atoms with E-state index in [1.165, 1.54) is 11.1 Å². The molecule has 0 bridgehead atoms. The van der Waals surface area contributed by atoms with Crippen molar-refractivity contribution >= 4 is 12.4 Å². The van der Waals surface area contributed by atoms with E-state index in [4.69, 9.17) is 4.74 Å². The molecule has 3 heteroatoms. The van der Waals surface area contributed by atoms with E-state index in [-0.39, 0.29) is 18.0 Å². The van der Waals surface area contributed by atoms with E-state index in [2.05, 4.69) is 29.6 Å². The highest BCUT2D eigenvalue weighted by Gasteiger charge is 2.40. The highest BCUT2D eigenvalue weighted by atomic mass is 35.5. The average molecular weight is 226 g/mol. The molecule has 2 heterocycles. The van der Waals surface area contributed by atoms with E-state index < -0.39 is 0 Å². The molecular weight excluding hydrogens is 210 g/mol. The third-order valence-electron chi connectivity index (χ3n) is 3.42. The van der Waals surface area contributed by atoms with Gasteiger partial charge in [0.05, 0.1) is 12.2 Å². The zero-order chi connectivity index (χ0) is 9.43. The van der Waals surface area contributed by atoms with Crippen molar-refractivity contribution in [1.82, 2.24) is 5.32 Å². The van der Waals surface area contributed by atoms with Crippen molar-refractivity contribution in [3.8, 4) is 0 Å². The van der Waals surface area contributed by atoms with Crippen LogP contribution in [-0.4, -0.2) is 13.1 Å². The second-order valence-electron chi connectivity index (χ2n) is 4.19. The summed E-state index contributed by atoms with van der Waals surface area (Å²) in [5.74, 6) is 0. The largest absolute Gasteiger partial charge is 0.365 e. The molecule has 3 rings (SSSR count). The number of halogens is 1. The maximum absolute atomic E-state index is 6.01. The monoisotopic (exact) mass is 225 g/mol. The van der Waals surface area contributed by atoms with E-state index in [1.807, 2.05) is 0 Å². The molecule has 0 aromatic heterocycles. The SMILES string of the molecule is Cl.c1ccc2c(c1)COC21CCNCC1. The Labute approximate surface area is 96.4 Å². The van der Waals surface area contributed by atoms with Crippen LogP contribution in [0.25, 0.3) is 0 Å². The first-order valence-electron chi connectivity index (χ1n) is 5.34. The van der Waals surface area contributed by atoms with Crippen molar-refractivity contribution in [3.63, 3.8) is 0 Å². The van der Waals surface area contributed by atoms with E-state index in [0.29, 0.717) is 0 Å². The minimum atomic E-state index is 0. The topological polar surface area (TPSA) is 21.3 Å². The molecule has 2 aliphatic rings. The zero-order valence-corrected chi connectivity index (χ0v) is 9.48. The fourth-order valence-corrected chi connectivity index (χ4v) is 2.63. The highest BCUT2D eigenvalue weighted by molar-refractivity contribution is 5.85. The van der Waals surface area contributed by atoms with Crippen LogP contribution in [0.2, 0.25) is 0 Å². The summed E-state index contributed by atoms with van der Waals surface area (Å²) in [6, 6.07) is 8.64. The van der Waals surface area contributed by atoms with Gasteiger partial charge in [0.15, 0.2) is 0 Å². The lowest BCUT2D eigenvalue weighted by molar-refractivity contribution is -0.0590. The van der Waals surface area contributed by atoms with Gasteiger partial charge in [-0.25, -0.2) is 0 Å². The molecule has 0 aliphatic carbocycles. The molecule has 2 aliphatic heterocycles. The molecule has 0 unspecified atom stereocenters. The molecule has 82 valence electrons. The fourth-order valence-electron chi connectivity index (χ4n) is 2.63. The normalized spacial score (nSPS) is 22.1. The predicted octanol–water partition coefficient (Wildman–Crippen LogP) is 2.22. The first kappa shape index (κ1) is 10.9. The summed E-state index contributed by atoms with van der Waals surface area (Å²) >= 11 is 0. The number of hydrogen-bond acceptors (Lipinski definition) is 2. The Morgan fingerprint density at radius 2 is 1.87 bits per heavy atom. The van der Waals surface area contributed by atoms with E-state index in [9.17, 15) is 0 Å². The Kier molecular flexibility index (Phi) is 3.01. The molecule has 1 saturated heterocycles. The highest BCUT2D eigenvalue weighted by Crippen LogP contribution is 2.42. The van der Waals surface area contributed by atoms with Crippen molar-refractivity contribution in [1.29, 1.82) is 0 Å². The lowest BCUT2D eigenvalue weighted by Gasteiger charge is -2.33. The summed E-state index contributed by atoms with van der Waals surface area (Å²) in [5.41, 5.74) is 2.86. The van der Waals surface area contributed by atoms with Gasteiger partial charge < -0.3 is 10.1 Å². The van der Waals surface area contributed by atoms with Gasteiger partial charge >= 0.3 is 0 Å². The maximum atomic E-state index is 6.01. The van der Waals surface area contributed by atoms with Crippen LogP contribution >= 0.6 is 12.4 Å². The van der Waals surface area contributed by atoms with Crippen LogP contribution in [-0.2, 0) is 16.9 Å². The minimum absolute atomic E-state index is 0. The molecule has 1 N–H and O–H groups in total. The lowest BCUT2D eigenvalue weighted by Crippen LogP contribution is -2.39. The Morgan fingerprint density at radius 1 is 1.13 bits per heavy atom. The van der Waals surface area contributed by atoms with E-state index >= 15 is 0 Å². The van der Waals surface area contributed by atoms with Crippen LogP contribution in [0.3, 0.4) is 0 Å². The molecule has 1 fully saturated rings. The van der Waals surface area contributed by atoms with Gasteiger partial charge in [0.1, 0.15) is 0 Å². The Morgan fingerprint density at radius 3 is 2.67 bits per heavy atom. The van der Waals surface area contributed by atoms with Crippen LogP contribution in [0.4, 0.5) is 0 Å². The molecule has 15 heavy (non-hydrogen) atoms. The summed E-state index contributed by atoms with van der Waals surface area (Å²) in [6.45, 7) is 2.96. The molecule has 0 atom stereocenters. The smallest absolute Gasteiger partial charge is 0.0963 e. The van der Waals surface area contributed by atoms with Gasteiger partial charge in [-0.3, -0.25) is 0 Å². The molecule has 0 saturated carbocycles. The summed E-state index contributed by atoms with van der Waals surface area (Å²) in [6.07, 6.45) is 2.23. The van der Waals surface area contributed by atoms with Gasteiger partial charge in [-0.15, -0.1) is 12.4 Å². The van der Waals surface area contributed by atoms with Gasteiger partial charge in [0, 0.05) is 0 Å². The summed E-state index contributed by atoms with van der Waals surface area (Å²) in [7, 11) is 0. The predicted molar refractivity (Wildman–Crippen MR) is 62.3 cm³/mol. The Bertz CT molecular complexity index is 342. The van der Waals surface area contributed by atoms with Gasteiger partial charge in [-0.05, 0) is 37.1 Å². The number of fused-ring (bicyclic) bond motifs is 2. The summed E-state index contributed by atoms with van der Waals surface area (Å²) in [4.78, 5) is 0. The van der Waals surface area contributed by atoms with Crippen LogP contribution in [0.1, 0.15) is 24.0 Å². The van der Waals surface area contributed by atoms with Crippen molar-refractivity contribution in [2.75, 3.05) is 13.1 Å². The Hall–Kier alpha value is -0.570. The molecule has 1 aromatic rings. The fraction of sp³-hybridized carbons (Fsp3) is 0.500. The van der Waals surface area contributed by atoms with Gasteiger partial charge in [0.25, 0.3) is 0 Å². The molecule has 1 spiro atoms. The van der Waals surface area contributed by atoms with E-state index in [0.717, 1.165) is 32.5 Å². The molecule has 0 amide bonds. The van der Waals surface area contributed by atoms with Crippen molar-refractivity contribution in [2.45, 2.75) is 25.0 Å². The molecular formula is C12H16ClNO. The number of hydrogen-bond donors (Lipinski definition) is 1. The zero-order valence-electron chi connectivity index (χ0n) is 8.66. The summed E-state index contributed by atoms with van der Waals surface area (Å²) in [5, 5.41) is 3.39. The number of rotatable bonds is 0. The minimum Gasteiger partial charge on any atom is -0.365 e. The van der Waals surface area contributed by atoms with Crippen LogP contribution in [0.15, 0.2) is 24.3 Å². The first-order valence-corrected chi connectivity index (χ1v) is 5.34. The van der Waals surface area contributed by atoms with Crippen molar-refractivity contribution < 1.29 is 4.74 Å². The molecule has 1 aromatic carbocycles. The third-order valence-corrected chi connectivity index (χ3v) is 3.42. The summed E-state index contributed by atoms with van der Waals surface area (Å²) < 4.78 is 6.01. The van der Waals surface area contributed by atoms with Crippen molar-refractivity contribution in [2.24, 2.45) is 0 Å². The maximum Gasteiger partial charge on any atom is 0.0963 e. The van der Waals surface area contributed by atoms with E-state index in [1.54, 1.807) is 0 Å². The van der Waals surface area contributed by atoms with Crippen molar-refractivity contribution in [3.05, 3.63) is 35.4 Å². The van der Waals surface area contributed by atoms with Crippen LogP contribution < -0.4 is 5.32 Å². The number of piperidine rings is 1. The third kappa shape index (κ3) is 1.67. The van der Waals surface area contributed by atoms with Gasteiger partial charge in [0.2, 0.25) is 0 Å². The molecule has 2 nitrogen and oxygen atoms in total. The number of benzene rings is 1. The first-order chi connectivity index (χ1) is 6.91. The second-order valence-corrected chi connectivity index (χ2v) is 4.19. The Balaban J connectivity index is 0.000000853. The standard InChI is InChI=1S/C12H15NO.ClH/c1-2-4-11-10(3-1)9-14-12(11)5-7-13-8-6-12;/h1-4,13H,5-9H2;1H. The van der Waals surface area contributed by atoms with Crippen LogP contribution in [0.5, 0.6) is 0 Å². The quantitative estimate of drug-likeness (QED) is 0.731. The second kappa shape index (κ2) is 4.12. The average Bonchev–Trinajstić information content (AvgIpc) is 2.60. The lowest BCUT2D eigenvalue weighted by atomic mass is 9.84. The number of ether oxygens (including phenoxy) is 1. The molecule has 0 radical (unpaired) electrons. The van der Waals surface area contributed by atoms with Crippen LogP contribution in [0, 0.1) is 0 Å². The van der Waals surface area contributed by atoms with Gasteiger partial charge in [-0.1, -0.05) is 24.3 Å². The number of nitrogens with one attached hydrogen (secondary N) is 1.